The minimum atomic E-state index is 0.370. The zero-order valence-electron chi connectivity index (χ0n) is 13.0. The zero-order chi connectivity index (χ0) is 14.3. The van der Waals surface area contributed by atoms with Crippen LogP contribution in [0.15, 0.2) is 29.8 Å². The van der Waals surface area contributed by atoms with Crippen LogP contribution in [0.1, 0.15) is 43.7 Å². The van der Waals surface area contributed by atoms with Crippen LogP contribution in [0.5, 0.6) is 0 Å². The van der Waals surface area contributed by atoms with Gasteiger partial charge in [-0.05, 0) is 86.7 Å². The van der Waals surface area contributed by atoms with Gasteiger partial charge in [0.05, 0.1) is 0 Å². The third-order valence-corrected chi connectivity index (χ3v) is 7.08. The normalized spacial score (nSPS) is 28.8. The Bertz CT molecular complexity index is 571. The molecule has 1 atom stereocenters. The summed E-state index contributed by atoms with van der Waals surface area (Å²) < 4.78 is 0.370. The molecule has 0 saturated carbocycles. The maximum Gasteiger partial charge on any atom is 0.0361 e. The average molecular weight is 299 g/mol. The fraction of sp³-hybridized carbons (Fsp3) is 0.579. The van der Waals surface area contributed by atoms with Gasteiger partial charge in [0.25, 0.3) is 0 Å². The summed E-state index contributed by atoms with van der Waals surface area (Å²) in [6.45, 7) is 6.45. The Morgan fingerprint density at radius 2 is 2.00 bits per heavy atom. The lowest BCUT2D eigenvalue weighted by atomic mass is 9.90. The second-order valence-electron chi connectivity index (χ2n) is 6.92. The van der Waals surface area contributed by atoms with Gasteiger partial charge in [-0.15, -0.1) is 0 Å². The maximum absolute atomic E-state index is 2.67. The van der Waals surface area contributed by atoms with Crippen LogP contribution in [0, 0.1) is 0 Å². The molecular formula is C19H25NS. The molecule has 1 aromatic rings. The maximum atomic E-state index is 2.67. The third kappa shape index (κ3) is 2.47. The summed E-state index contributed by atoms with van der Waals surface area (Å²) in [5.74, 6) is 1.30. The van der Waals surface area contributed by atoms with Crippen molar-refractivity contribution in [3.8, 4) is 0 Å². The fourth-order valence-electron chi connectivity index (χ4n) is 4.29. The van der Waals surface area contributed by atoms with Crippen molar-refractivity contribution in [3.05, 3.63) is 41.0 Å². The van der Waals surface area contributed by atoms with Crippen LogP contribution in [0.3, 0.4) is 0 Å². The van der Waals surface area contributed by atoms with Crippen molar-refractivity contribution < 1.29 is 0 Å². The zero-order valence-corrected chi connectivity index (χ0v) is 13.8. The number of hydrogen-bond acceptors (Lipinski definition) is 2. The highest BCUT2D eigenvalue weighted by atomic mass is 32.2. The molecule has 3 aliphatic rings. The molecule has 21 heavy (non-hydrogen) atoms. The van der Waals surface area contributed by atoms with E-state index < -0.39 is 0 Å². The monoisotopic (exact) mass is 299 g/mol. The topological polar surface area (TPSA) is 3.24 Å². The Morgan fingerprint density at radius 1 is 1.19 bits per heavy atom. The minimum absolute atomic E-state index is 0.370. The number of fused-ring (bicyclic) bond motifs is 2. The van der Waals surface area contributed by atoms with Gasteiger partial charge in [0.1, 0.15) is 0 Å². The highest BCUT2D eigenvalue weighted by molar-refractivity contribution is 8.00. The van der Waals surface area contributed by atoms with Gasteiger partial charge in [-0.25, -0.2) is 0 Å². The molecule has 1 unspecified atom stereocenters. The number of likely N-dealkylation sites (tertiary alicyclic amines) is 1. The van der Waals surface area contributed by atoms with Gasteiger partial charge in [-0.2, -0.15) is 11.8 Å². The molecule has 2 heterocycles. The highest BCUT2D eigenvalue weighted by Gasteiger charge is 2.38. The Kier molecular flexibility index (Phi) is 3.63. The molecule has 0 N–H and O–H groups in total. The molecule has 112 valence electrons. The summed E-state index contributed by atoms with van der Waals surface area (Å²) in [5, 5.41) is 0. The third-order valence-electron chi connectivity index (χ3n) is 5.59. The SMILES string of the molecule is CC1(CCN2CCCC2)SCCC2=C1Cc1ccccc12. The number of rotatable bonds is 3. The fourth-order valence-corrected chi connectivity index (χ4v) is 5.65. The van der Waals surface area contributed by atoms with Gasteiger partial charge in [0, 0.05) is 4.75 Å². The number of hydrogen-bond donors (Lipinski definition) is 0. The number of allylic oxidation sites excluding steroid dienone is 1. The van der Waals surface area contributed by atoms with Crippen LogP contribution in [-0.4, -0.2) is 35.0 Å². The molecule has 0 spiro atoms. The van der Waals surface area contributed by atoms with E-state index in [2.05, 4.69) is 47.9 Å². The molecule has 1 aromatic carbocycles. The van der Waals surface area contributed by atoms with E-state index in [4.69, 9.17) is 0 Å². The highest BCUT2D eigenvalue weighted by Crippen LogP contribution is 2.51. The summed E-state index contributed by atoms with van der Waals surface area (Å²) >= 11 is 2.21. The molecule has 1 nitrogen and oxygen atoms in total. The molecule has 0 bridgehead atoms. The van der Waals surface area contributed by atoms with E-state index in [1.807, 2.05) is 0 Å². The van der Waals surface area contributed by atoms with Gasteiger partial charge in [0.2, 0.25) is 0 Å². The van der Waals surface area contributed by atoms with Gasteiger partial charge >= 0.3 is 0 Å². The first-order valence-electron chi connectivity index (χ1n) is 8.43. The standard InChI is InChI=1S/C19H25NS/c1-19(9-12-20-10-4-5-11-20)18-14-15-6-2-3-7-16(15)17(18)8-13-21-19/h2-3,6-7H,4-5,8-14H2,1H3. The lowest BCUT2D eigenvalue weighted by molar-refractivity contribution is 0.323. The predicted molar refractivity (Wildman–Crippen MR) is 92.8 cm³/mol. The van der Waals surface area contributed by atoms with Crippen molar-refractivity contribution in [1.82, 2.24) is 4.90 Å². The second-order valence-corrected chi connectivity index (χ2v) is 8.52. The largest absolute Gasteiger partial charge is 0.303 e. The van der Waals surface area contributed by atoms with Crippen LogP contribution >= 0.6 is 11.8 Å². The Labute approximate surface area is 132 Å². The summed E-state index contributed by atoms with van der Waals surface area (Å²) in [6, 6.07) is 9.08. The van der Waals surface area contributed by atoms with Crippen molar-refractivity contribution >= 4 is 17.3 Å². The number of benzene rings is 1. The minimum Gasteiger partial charge on any atom is -0.303 e. The number of thioether (sulfide) groups is 1. The van der Waals surface area contributed by atoms with Crippen LogP contribution in [0.2, 0.25) is 0 Å². The van der Waals surface area contributed by atoms with E-state index in [0.717, 1.165) is 0 Å². The first-order chi connectivity index (χ1) is 10.3. The van der Waals surface area contributed by atoms with Crippen molar-refractivity contribution in [3.63, 3.8) is 0 Å². The van der Waals surface area contributed by atoms with E-state index in [0.29, 0.717) is 4.75 Å². The van der Waals surface area contributed by atoms with E-state index >= 15 is 0 Å². The van der Waals surface area contributed by atoms with Gasteiger partial charge < -0.3 is 4.90 Å². The second kappa shape index (κ2) is 5.48. The van der Waals surface area contributed by atoms with E-state index in [9.17, 15) is 0 Å². The lowest BCUT2D eigenvalue weighted by Crippen LogP contribution is -2.33. The van der Waals surface area contributed by atoms with Crippen molar-refractivity contribution in [2.75, 3.05) is 25.4 Å². The van der Waals surface area contributed by atoms with E-state index in [1.165, 1.54) is 57.5 Å². The van der Waals surface area contributed by atoms with Crippen LogP contribution < -0.4 is 0 Å². The van der Waals surface area contributed by atoms with Crippen molar-refractivity contribution in [1.29, 1.82) is 0 Å². The van der Waals surface area contributed by atoms with Crippen molar-refractivity contribution in [2.24, 2.45) is 0 Å². The molecule has 2 aliphatic heterocycles. The van der Waals surface area contributed by atoms with E-state index in [-0.39, 0.29) is 0 Å². The smallest absolute Gasteiger partial charge is 0.0361 e. The first kappa shape index (κ1) is 13.9. The Balaban J connectivity index is 1.57. The Morgan fingerprint density at radius 3 is 2.86 bits per heavy atom. The van der Waals surface area contributed by atoms with Crippen LogP contribution in [0.25, 0.3) is 5.57 Å². The predicted octanol–water partition coefficient (Wildman–Crippen LogP) is 4.38. The summed E-state index contributed by atoms with van der Waals surface area (Å²) in [5.41, 5.74) is 6.56. The molecule has 1 aliphatic carbocycles. The van der Waals surface area contributed by atoms with Crippen LogP contribution in [-0.2, 0) is 6.42 Å². The summed E-state index contributed by atoms with van der Waals surface area (Å²) in [7, 11) is 0. The molecule has 1 fully saturated rings. The van der Waals surface area contributed by atoms with Gasteiger partial charge in [-0.1, -0.05) is 24.3 Å². The Hall–Kier alpha value is -0.730. The summed E-state index contributed by atoms with van der Waals surface area (Å²) in [4.78, 5) is 2.67. The average Bonchev–Trinajstić information content (AvgIpc) is 3.14. The molecule has 1 saturated heterocycles. The quantitative estimate of drug-likeness (QED) is 0.815. The van der Waals surface area contributed by atoms with Gasteiger partial charge in [0.15, 0.2) is 0 Å². The van der Waals surface area contributed by atoms with Crippen molar-refractivity contribution in [2.45, 2.75) is 43.8 Å². The molecular weight excluding hydrogens is 274 g/mol. The first-order valence-corrected chi connectivity index (χ1v) is 9.42. The van der Waals surface area contributed by atoms with Crippen LogP contribution in [0.4, 0.5) is 0 Å². The molecule has 0 radical (unpaired) electrons. The van der Waals surface area contributed by atoms with Gasteiger partial charge in [-0.3, -0.25) is 0 Å². The molecule has 2 heteroatoms. The molecule has 0 aromatic heterocycles. The lowest BCUT2D eigenvalue weighted by Gasteiger charge is -2.37. The van der Waals surface area contributed by atoms with E-state index in [1.54, 1.807) is 22.3 Å². The summed E-state index contributed by atoms with van der Waals surface area (Å²) in [6.07, 6.45) is 6.61. The number of nitrogens with zero attached hydrogens (tertiary/aromatic N) is 1. The molecule has 0 amide bonds. The molecule has 4 rings (SSSR count).